The van der Waals surface area contributed by atoms with E-state index in [-0.39, 0.29) is 5.41 Å². The van der Waals surface area contributed by atoms with Crippen molar-refractivity contribution in [2.75, 3.05) is 4.90 Å². The standard InChI is InChI=1S/C43H31N/c1-43(2)40-15-9-8-14-36(40)37-25-22-33(27-41(37)43)44(31-11-4-3-5-12-31)32-21-18-29-16-17-30-20-23-35-34-13-7-6-10-28(34)19-24-38(35)42(30)39(29)26-32/h3-27H,1-2H3. The van der Waals surface area contributed by atoms with Crippen LogP contribution in [0.15, 0.2) is 152 Å². The molecule has 1 heteroatoms. The lowest BCUT2D eigenvalue weighted by molar-refractivity contribution is 0.660. The third-order valence-electron chi connectivity index (χ3n) is 9.80. The second kappa shape index (κ2) is 9.30. The molecule has 0 atom stereocenters. The highest BCUT2D eigenvalue weighted by atomic mass is 15.1. The summed E-state index contributed by atoms with van der Waals surface area (Å²) in [5.41, 5.74) is 8.87. The molecule has 0 unspecified atom stereocenters. The topological polar surface area (TPSA) is 3.24 Å². The van der Waals surface area contributed by atoms with Gasteiger partial charge in [-0.3, -0.25) is 0 Å². The van der Waals surface area contributed by atoms with Gasteiger partial charge in [0.15, 0.2) is 0 Å². The van der Waals surface area contributed by atoms with Gasteiger partial charge in [-0.25, -0.2) is 0 Å². The number of anilines is 3. The normalized spacial score (nSPS) is 13.4. The molecule has 0 N–H and O–H groups in total. The molecule has 0 heterocycles. The summed E-state index contributed by atoms with van der Waals surface area (Å²) in [7, 11) is 0. The van der Waals surface area contributed by atoms with Crippen LogP contribution >= 0.6 is 0 Å². The minimum atomic E-state index is -0.0639. The van der Waals surface area contributed by atoms with Gasteiger partial charge < -0.3 is 4.90 Å². The van der Waals surface area contributed by atoms with Crippen LogP contribution in [0.25, 0.3) is 54.2 Å². The number of rotatable bonds is 3. The lowest BCUT2D eigenvalue weighted by Crippen LogP contribution is -2.16. The molecular weight excluding hydrogens is 530 g/mol. The maximum atomic E-state index is 2.41. The number of para-hydroxylation sites is 1. The van der Waals surface area contributed by atoms with Crippen LogP contribution in [-0.2, 0) is 5.41 Å². The first-order valence-electron chi connectivity index (χ1n) is 15.4. The van der Waals surface area contributed by atoms with E-state index in [4.69, 9.17) is 0 Å². The number of hydrogen-bond donors (Lipinski definition) is 0. The van der Waals surface area contributed by atoms with Crippen molar-refractivity contribution in [3.63, 3.8) is 0 Å². The van der Waals surface area contributed by atoms with Crippen molar-refractivity contribution in [2.24, 2.45) is 0 Å². The lowest BCUT2D eigenvalue weighted by atomic mass is 9.82. The zero-order valence-corrected chi connectivity index (χ0v) is 24.9. The Kier molecular flexibility index (Phi) is 5.31. The van der Waals surface area contributed by atoms with Gasteiger partial charge in [0, 0.05) is 22.5 Å². The van der Waals surface area contributed by atoms with E-state index in [1.54, 1.807) is 0 Å². The first-order chi connectivity index (χ1) is 21.6. The Morgan fingerprint density at radius 3 is 1.91 bits per heavy atom. The van der Waals surface area contributed by atoms with Gasteiger partial charge in [0.1, 0.15) is 0 Å². The fourth-order valence-electron chi connectivity index (χ4n) is 7.62. The Hall–Kier alpha value is -5.40. The maximum absolute atomic E-state index is 2.41. The third-order valence-corrected chi connectivity index (χ3v) is 9.80. The summed E-state index contributed by atoms with van der Waals surface area (Å²) in [4.78, 5) is 2.41. The average Bonchev–Trinajstić information content (AvgIpc) is 3.30. The minimum absolute atomic E-state index is 0.0639. The van der Waals surface area contributed by atoms with E-state index in [9.17, 15) is 0 Å². The van der Waals surface area contributed by atoms with E-state index in [0.29, 0.717) is 0 Å². The highest BCUT2D eigenvalue weighted by Crippen LogP contribution is 2.50. The predicted octanol–water partition coefficient (Wildman–Crippen LogP) is 12.1. The molecule has 0 saturated carbocycles. The molecule has 1 aliphatic rings. The number of benzene rings is 8. The molecule has 0 saturated heterocycles. The number of fused-ring (bicyclic) bond motifs is 10. The summed E-state index contributed by atoms with van der Waals surface area (Å²) in [5, 5.41) is 10.3. The lowest BCUT2D eigenvalue weighted by Gasteiger charge is -2.28. The van der Waals surface area contributed by atoms with Gasteiger partial charge >= 0.3 is 0 Å². The molecule has 0 bridgehead atoms. The van der Waals surface area contributed by atoms with Crippen LogP contribution in [0.1, 0.15) is 25.0 Å². The molecule has 0 fully saturated rings. The molecule has 208 valence electrons. The van der Waals surface area contributed by atoms with E-state index >= 15 is 0 Å². The summed E-state index contributed by atoms with van der Waals surface area (Å²) in [6.45, 7) is 4.70. The Morgan fingerprint density at radius 2 is 1.00 bits per heavy atom. The molecule has 1 nitrogen and oxygen atoms in total. The Labute approximate surface area is 257 Å². The summed E-state index contributed by atoms with van der Waals surface area (Å²) in [6, 6.07) is 56.0. The third kappa shape index (κ3) is 3.59. The molecule has 0 spiro atoms. The van der Waals surface area contributed by atoms with Crippen LogP contribution in [0, 0.1) is 0 Å². The molecular formula is C43H31N. The van der Waals surface area contributed by atoms with Gasteiger partial charge in [-0.2, -0.15) is 0 Å². The highest BCUT2D eigenvalue weighted by Gasteiger charge is 2.35. The first kappa shape index (κ1) is 25.1. The summed E-state index contributed by atoms with van der Waals surface area (Å²) >= 11 is 0. The van der Waals surface area contributed by atoms with Crippen molar-refractivity contribution in [3.05, 3.63) is 163 Å². The fourth-order valence-corrected chi connectivity index (χ4v) is 7.62. The van der Waals surface area contributed by atoms with Crippen LogP contribution in [-0.4, -0.2) is 0 Å². The van der Waals surface area contributed by atoms with Crippen molar-refractivity contribution in [3.8, 4) is 11.1 Å². The molecule has 9 rings (SSSR count). The smallest absolute Gasteiger partial charge is 0.0468 e. The second-order valence-electron chi connectivity index (χ2n) is 12.6. The van der Waals surface area contributed by atoms with Crippen molar-refractivity contribution in [1.29, 1.82) is 0 Å². The van der Waals surface area contributed by atoms with Gasteiger partial charge in [0.2, 0.25) is 0 Å². The summed E-state index contributed by atoms with van der Waals surface area (Å²) < 4.78 is 0. The second-order valence-corrected chi connectivity index (χ2v) is 12.6. The van der Waals surface area contributed by atoms with Crippen LogP contribution in [0.4, 0.5) is 17.1 Å². The van der Waals surface area contributed by atoms with E-state index in [1.165, 1.54) is 71.0 Å². The SMILES string of the molecule is CC1(C)c2ccccc2-c2ccc(N(c3ccccc3)c3ccc4ccc5ccc6c7ccccc7ccc6c5c4c3)cc21. The first-order valence-corrected chi connectivity index (χ1v) is 15.4. The van der Waals surface area contributed by atoms with E-state index in [1.807, 2.05) is 0 Å². The molecule has 8 aromatic rings. The Bertz CT molecular complexity index is 2420. The van der Waals surface area contributed by atoms with E-state index in [2.05, 4.69) is 170 Å². The average molecular weight is 562 g/mol. The zero-order valence-electron chi connectivity index (χ0n) is 24.9. The molecule has 1 aliphatic carbocycles. The highest BCUT2D eigenvalue weighted by molar-refractivity contribution is 6.25. The molecule has 44 heavy (non-hydrogen) atoms. The molecule has 0 aromatic heterocycles. The van der Waals surface area contributed by atoms with Gasteiger partial charge in [-0.1, -0.05) is 129 Å². The van der Waals surface area contributed by atoms with Gasteiger partial charge in [0.05, 0.1) is 0 Å². The monoisotopic (exact) mass is 561 g/mol. The quantitative estimate of drug-likeness (QED) is 0.194. The number of hydrogen-bond acceptors (Lipinski definition) is 1. The molecule has 0 radical (unpaired) electrons. The summed E-state index contributed by atoms with van der Waals surface area (Å²) in [5.74, 6) is 0. The Morgan fingerprint density at radius 1 is 0.386 bits per heavy atom. The van der Waals surface area contributed by atoms with Crippen LogP contribution < -0.4 is 4.90 Å². The van der Waals surface area contributed by atoms with Gasteiger partial charge in [-0.15, -0.1) is 0 Å². The van der Waals surface area contributed by atoms with Crippen molar-refractivity contribution >= 4 is 60.2 Å². The largest absolute Gasteiger partial charge is 0.310 e. The van der Waals surface area contributed by atoms with Gasteiger partial charge in [-0.05, 0) is 102 Å². The minimum Gasteiger partial charge on any atom is -0.310 e. The van der Waals surface area contributed by atoms with Crippen LogP contribution in [0.2, 0.25) is 0 Å². The van der Waals surface area contributed by atoms with Crippen molar-refractivity contribution in [2.45, 2.75) is 19.3 Å². The van der Waals surface area contributed by atoms with E-state index in [0.717, 1.165) is 11.4 Å². The number of nitrogens with zero attached hydrogens (tertiary/aromatic N) is 1. The molecule has 8 aromatic carbocycles. The maximum Gasteiger partial charge on any atom is 0.0468 e. The van der Waals surface area contributed by atoms with E-state index < -0.39 is 0 Å². The van der Waals surface area contributed by atoms with Crippen molar-refractivity contribution in [1.82, 2.24) is 0 Å². The molecule has 0 aliphatic heterocycles. The summed E-state index contributed by atoms with van der Waals surface area (Å²) in [6.07, 6.45) is 0. The van der Waals surface area contributed by atoms with Gasteiger partial charge in [0.25, 0.3) is 0 Å². The van der Waals surface area contributed by atoms with Crippen LogP contribution in [0.3, 0.4) is 0 Å². The predicted molar refractivity (Wildman–Crippen MR) is 189 cm³/mol. The van der Waals surface area contributed by atoms with Crippen LogP contribution in [0.5, 0.6) is 0 Å². The molecule has 0 amide bonds. The Balaban J connectivity index is 1.30. The van der Waals surface area contributed by atoms with Crippen molar-refractivity contribution < 1.29 is 0 Å². The zero-order chi connectivity index (χ0) is 29.4. The fraction of sp³-hybridized carbons (Fsp3) is 0.0698.